The maximum absolute atomic E-state index is 12.4. The molecule has 1 N–H and O–H groups in total. The average Bonchev–Trinajstić information content (AvgIpc) is 2.99. The minimum absolute atomic E-state index is 0.0304. The van der Waals surface area contributed by atoms with Crippen molar-refractivity contribution in [2.24, 2.45) is 5.92 Å². The van der Waals surface area contributed by atoms with Gasteiger partial charge in [-0.3, -0.25) is 4.79 Å². The topological polar surface area (TPSA) is 46.9 Å². The second-order valence-electron chi connectivity index (χ2n) is 6.97. The average molecular weight is 333 g/mol. The predicted molar refractivity (Wildman–Crippen MR) is 99.7 cm³/mol. The molecule has 0 fully saturated rings. The third kappa shape index (κ3) is 3.29. The van der Waals surface area contributed by atoms with Crippen LogP contribution in [0, 0.1) is 5.92 Å². The summed E-state index contributed by atoms with van der Waals surface area (Å²) in [7, 11) is 0. The van der Waals surface area contributed by atoms with Crippen LogP contribution < -0.4 is 5.32 Å². The first kappa shape index (κ1) is 15.9. The van der Waals surface area contributed by atoms with E-state index in [0.29, 0.717) is 18.0 Å². The number of nitrogens with one attached hydrogen (secondary N) is 1. The van der Waals surface area contributed by atoms with E-state index in [1.165, 1.54) is 12.0 Å². The number of rotatable bonds is 4. The molecule has 1 aliphatic heterocycles. The quantitative estimate of drug-likeness (QED) is 0.793. The van der Waals surface area contributed by atoms with E-state index in [2.05, 4.69) is 28.9 Å². The van der Waals surface area contributed by atoms with Crippen molar-refractivity contribution in [2.45, 2.75) is 32.7 Å². The second kappa shape index (κ2) is 6.71. The fourth-order valence-corrected chi connectivity index (χ4v) is 3.56. The first-order valence-corrected chi connectivity index (χ1v) is 9.02. The zero-order valence-corrected chi connectivity index (χ0v) is 14.5. The van der Waals surface area contributed by atoms with E-state index in [9.17, 15) is 4.79 Å². The number of hydrogen-bond donors (Lipinski definition) is 1. The summed E-state index contributed by atoms with van der Waals surface area (Å²) in [5.41, 5.74) is 3.99. The van der Waals surface area contributed by atoms with Crippen molar-refractivity contribution < 1.29 is 4.79 Å². The van der Waals surface area contributed by atoms with Gasteiger partial charge in [-0.1, -0.05) is 37.3 Å². The van der Waals surface area contributed by atoms with Gasteiger partial charge in [-0.25, -0.2) is 4.98 Å². The molecule has 2 heterocycles. The lowest BCUT2D eigenvalue weighted by atomic mass is 10.0. The Bertz CT molecular complexity index is 898. The van der Waals surface area contributed by atoms with Gasteiger partial charge in [0.2, 0.25) is 0 Å². The molecule has 3 aromatic rings. The molecule has 128 valence electrons. The largest absolute Gasteiger partial charge is 0.352 e. The minimum Gasteiger partial charge on any atom is -0.352 e. The van der Waals surface area contributed by atoms with Gasteiger partial charge in [0.05, 0.1) is 11.0 Å². The van der Waals surface area contributed by atoms with Crippen molar-refractivity contribution in [3.8, 4) is 0 Å². The summed E-state index contributed by atoms with van der Waals surface area (Å²) < 4.78 is 2.30. The van der Waals surface area contributed by atoms with E-state index >= 15 is 0 Å². The zero-order chi connectivity index (χ0) is 17.2. The molecule has 4 heteroatoms. The third-order valence-electron chi connectivity index (χ3n) is 5.01. The first-order chi connectivity index (χ1) is 12.2. The monoisotopic (exact) mass is 333 g/mol. The van der Waals surface area contributed by atoms with Crippen LogP contribution in [-0.4, -0.2) is 22.0 Å². The van der Waals surface area contributed by atoms with Gasteiger partial charge in [-0.2, -0.15) is 0 Å². The number of benzene rings is 2. The van der Waals surface area contributed by atoms with Crippen LogP contribution in [0.3, 0.4) is 0 Å². The Morgan fingerprint density at radius 1 is 1.24 bits per heavy atom. The van der Waals surface area contributed by atoms with Gasteiger partial charge in [0.15, 0.2) is 0 Å². The summed E-state index contributed by atoms with van der Waals surface area (Å²) in [5, 5.41) is 3.01. The Morgan fingerprint density at radius 3 is 2.92 bits per heavy atom. The molecule has 0 unspecified atom stereocenters. The van der Waals surface area contributed by atoms with Crippen LogP contribution in [0.5, 0.6) is 0 Å². The van der Waals surface area contributed by atoms with Crippen LogP contribution in [0.25, 0.3) is 11.0 Å². The van der Waals surface area contributed by atoms with Crippen LogP contribution in [-0.2, 0) is 19.4 Å². The van der Waals surface area contributed by atoms with Crippen molar-refractivity contribution in [1.29, 1.82) is 0 Å². The lowest BCUT2D eigenvalue weighted by Crippen LogP contribution is -2.25. The second-order valence-corrected chi connectivity index (χ2v) is 6.97. The number of carbonyl (C=O) groups excluding carboxylic acids is 1. The van der Waals surface area contributed by atoms with E-state index in [4.69, 9.17) is 4.98 Å². The minimum atomic E-state index is -0.0304. The van der Waals surface area contributed by atoms with E-state index < -0.39 is 0 Å². The standard InChI is InChI=1S/C21H23N3O/c1-15-10-12-24-19-8-7-17(14-18(19)23-20(24)13-15)21(25)22-11-9-16-5-3-2-4-6-16/h2-8,14-15H,9-13H2,1H3,(H,22,25)/t15-/m0/s1. The van der Waals surface area contributed by atoms with Crippen molar-refractivity contribution in [1.82, 2.24) is 14.9 Å². The lowest BCUT2D eigenvalue weighted by Gasteiger charge is -2.19. The van der Waals surface area contributed by atoms with Gasteiger partial charge in [0.25, 0.3) is 5.91 Å². The van der Waals surface area contributed by atoms with Crippen LogP contribution in [0.2, 0.25) is 0 Å². The molecule has 4 rings (SSSR count). The SMILES string of the molecule is C[C@H]1CCn2c(nc3cc(C(=O)NCCc4ccccc4)ccc32)C1. The molecule has 1 aliphatic rings. The number of aromatic nitrogens is 2. The highest BCUT2D eigenvalue weighted by atomic mass is 16.1. The maximum atomic E-state index is 12.4. The van der Waals surface area contributed by atoms with E-state index in [-0.39, 0.29) is 5.91 Å². The highest BCUT2D eigenvalue weighted by molar-refractivity contribution is 5.97. The predicted octanol–water partition coefficient (Wildman–Crippen LogP) is 3.59. The molecule has 1 atom stereocenters. The normalized spacial score (nSPS) is 16.6. The number of aryl methyl sites for hydroxylation is 1. The fourth-order valence-electron chi connectivity index (χ4n) is 3.56. The van der Waals surface area contributed by atoms with Gasteiger partial charge < -0.3 is 9.88 Å². The summed E-state index contributed by atoms with van der Waals surface area (Å²) in [6.45, 7) is 3.93. The number of nitrogens with zero attached hydrogens (tertiary/aromatic N) is 2. The van der Waals surface area contributed by atoms with Gasteiger partial charge in [0.1, 0.15) is 5.82 Å². The molecule has 0 bridgehead atoms. The maximum Gasteiger partial charge on any atom is 0.251 e. The van der Waals surface area contributed by atoms with Gasteiger partial charge >= 0.3 is 0 Å². The molecule has 1 aromatic heterocycles. The van der Waals surface area contributed by atoms with E-state index in [1.807, 2.05) is 36.4 Å². The molecule has 2 aromatic carbocycles. The fraction of sp³-hybridized carbons (Fsp3) is 0.333. The third-order valence-corrected chi connectivity index (χ3v) is 5.01. The molecule has 25 heavy (non-hydrogen) atoms. The molecule has 0 saturated heterocycles. The number of carbonyl (C=O) groups is 1. The Balaban J connectivity index is 1.47. The number of amides is 1. The summed E-state index contributed by atoms with van der Waals surface area (Å²) in [6.07, 6.45) is 3.05. The van der Waals surface area contributed by atoms with Gasteiger partial charge in [-0.05, 0) is 42.5 Å². The zero-order valence-electron chi connectivity index (χ0n) is 14.5. The molecule has 1 amide bonds. The molecule has 0 radical (unpaired) electrons. The number of fused-ring (bicyclic) bond motifs is 3. The number of hydrogen-bond acceptors (Lipinski definition) is 2. The van der Waals surface area contributed by atoms with Crippen LogP contribution in [0.15, 0.2) is 48.5 Å². The smallest absolute Gasteiger partial charge is 0.251 e. The molecular weight excluding hydrogens is 310 g/mol. The number of imidazole rings is 1. The highest BCUT2D eigenvalue weighted by Gasteiger charge is 2.19. The molecule has 0 aliphatic carbocycles. The van der Waals surface area contributed by atoms with Crippen molar-refractivity contribution in [3.05, 3.63) is 65.5 Å². The molecule has 0 spiro atoms. The van der Waals surface area contributed by atoms with Crippen LogP contribution >= 0.6 is 0 Å². The van der Waals surface area contributed by atoms with Gasteiger partial charge in [0, 0.05) is 25.1 Å². The van der Waals surface area contributed by atoms with Crippen molar-refractivity contribution in [3.63, 3.8) is 0 Å². The summed E-state index contributed by atoms with van der Waals surface area (Å²) in [6, 6.07) is 16.1. The van der Waals surface area contributed by atoms with Crippen molar-refractivity contribution >= 4 is 16.9 Å². The summed E-state index contributed by atoms with van der Waals surface area (Å²) in [4.78, 5) is 17.2. The molecular formula is C21H23N3O. The van der Waals surface area contributed by atoms with Crippen LogP contribution in [0.4, 0.5) is 0 Å². The van der Waals surface area contributed by atoms with Crippen molar-refractivity contribution in [2.75, 3.05) is 6.54 Å². The molecule has 0 saturated carbocycles. The molecule has 4 nitrogen and oxygen atoms in total. The summed E-state index contributed by atoms with van der Waals surface area (Å²) >= 11 is 0. The highest BCUT2D eigenvalue weighted by Crippen LogP contribution is 2.25. The first-order valence-electron chi connectivity index (χ1n) is 9.02. The van der Waals surface area contributed by atoms with E-state index in [1.54, 1.807) is 0 Å². The van der Waals surface area contributed by atoms with Gasteiger partial charge in [-0.15, -0.1) is 0 Å². The van der Waals surface area contributed by atoms with E-state index in [0.717, 1.165) is 36.2 Å². The Kier molecular flexibility index (Phi) is 4.26. The van der Waals surface area contributed by atoms with Crippen LogP contribution in [0.1, 0.15) is 35.1 Å². The summed E-state index contributed by atoms with van der Waals surface area (Å²) in [5.74, 6) is 1.80. The Hall–Kier alpha value is -2.62. The lowest BCUT2D eigenvalue weighted by molar-refractivity contribution is 0.0954. The Morgan fingerprint density at radius 2 is 2.08 bits per heavy atom. The Labute approximate surface area is 147 Å².